The van der Waals surface area contributed by atoms with Crippen LogP contribution in [0.4, 0.5) is 14.7 Å². The van der Waals surface area contributed by atoms with Gasteiger partial charge in [-0.25, -0.2) is 18.7 Å². The fourth-order valence-corrected chi connectivity index (χ4v) is 3.92. The van der Waals surface area contributed by atoms with Gasteiger partial charge in [0, 0.05) is 30.1 Å². The van der Waals surface area contributed by atoms with E-state index in [1.807, 2.05) is 26.8 Å². The van der Waals surface area contributed by atoms with Gasteiger partial charge in [0.25, 0.3) is 0 Å². The summed E-state index contributed by atoms with van der Waals surface area (Å²) in [4.78, 5) is 16.4. The second-order valence-corrected chi connectivity index (χ2v) is 7.86. The van der Waals surface area contributed by atoms with E-state index in [-0.39, 0.29) is 6.10 Å². The molecular weight excluding hydrogens is 362 g/mol. The summed E-state index contributed by atoms with van der Waals surface area (Å²) in [6.07, 6.45) is 1.26. The first kappa shape index (κ1) is 19.2. The molecule has 28 heavy (non-hydrogen) atoms. The molecule has 0 spiro atoms. The summed E-state index contributed by atoms with van der Waals surface area (Å²) in [5.74, 6) is 0.0869. The lowest BCUT2D eigenvalue weighted by Crippen LogP contribution is -2.42. The van der Waals surface area contributed by atoms with Gasteiger partial charge < -0.3 is 9.64 Å². The fourth-order valence-electron chi connectivity index (χ4n) is 3.92. The number of hydrogen-bond acceptors (Lipinski definition) is 5. The van der Waals surface area contributed by atoms with Crippen LogP contribution in [0.15, 0.2) is 12.1 Å². The van der Waals surface area contributed by atoms with Crippen LogP contribution in [0.1, 0.15) is 43.1 Å². The smallest absolute Gasteiger partial charge is 0.241 e. The summed E-state index contributed by atoms with van der Waals surface area (Å²) in [5.41, 5.74) is 4.54. The summed E-state index contributed by atoms with van der Waals surface area (Å²) in [7, 11) is 0. The van der Waals surface area contributed by atoms with Gasteiger partial charge in [-0.2, -0.15) is 4.98 Å². The molecule has 0 radical (unpaired) electrons. The zero-order valence-electron chi connectivity index (χ0n) is 16.6. The Kier molecular flexibility index (Phi) is 5.27. The third kappa shape index (κ3) is 3.72. The number of allylic oxidation sites excluding steroid dienone is 2. The Labute approximate surface area is 163 Å². The highest BCUT2D eigenvalue weighted by Gasteiger charge is 2.26. The Bertz CT molecular complexity index is 915. The van der Waals surface area contributed by atoms with Gasteiger partial charge in [-0.05, 0) is 57.2 Å². The Balaban J connectivity index is 1.80. The van der Waals surface area contributed by atoms with Crippen LogP contribution in [-0.4, -0.2) is 47.2 Å². The molecule has 0 N–H and O–H groups in total. The highest BCUT2D eigenvalue weighted by atomic mass is 19.3. The van der Waals surface area contributed by atoms with Crippen molar-refractivity contribution in [3.05, 3.63) is 29.1 Å². The highest BCUT2D eigenvalue weighted by Crippen LogP contribution is 2.36. The number of morpholine rings is 1. The van der Waals surface area contributed by atoms with E-state index >= 15 is 0 Å². The maximum Gasteiger partial charge on any atom is 0.241 e. The van der Waals surface area contributed by atoms with Gasteiger partial charge in [0.1, 0.15) is 0 Å². The zero-order chi connectivity index (χ0) is 19.8. The summed E-state index contributed by atoms with van der Waals surface area (Å²) >= 11 is 0. The molecule has 4 rings (SSSR count). The van der Waals surface area contributed by atoms with Gasteiger partial charge in [-0.3, -0.25) is 0 Å². The van der Waals surface area contributed by atoms with E-state index in [4.69, 9.17) is 19.7 Å². The number of aromatic nitrogens is 3. The van der Waals surface area contributed by atoms with Crippen molar-refractivity contribution in [3.8, 4) is 0 Å². The largest absolute Gasteiger partial charge is 0.375 e. The standard InChI is InChI=1S/C21H26F2N4O/c1-12-10-17-18(15-4-6-16(7-5-15)19(22)23)25-21(26-20(17)24-14(12)3)27-8-9-28-13(2)11-27/h4,10,13,16,19H,5-9,11H2,1-3H3. The second kappa shape index (κ2) is 7.70. The molecule has 2 aromatic heterocycles. The lowest BCUT2D eigenvalue weighted by atomic mass is 9.87. The normalized spacial score (nSPS) is 23.4. The number of hydrogen-bond donors (Lipinski definition) is 0. The maximum absolute atomic E-state index is 13.1. The number of fused-ring (bicyclic) bond motifs is 1. The van der Waals surface area contributed by atoms with E-state index in [2.05, 4.69) is 11.0 Å². The zero-order valence-corrected chi connectivity index (χ0v) is 16.6. The Morgan fingerprint density at radius 3 is 2.71 bits per heavy atom. The van der Waals surface area contributed by atoms with E-state index in [0.717, 1.165) is 41.0 Å². The quantitative estimate of drug-likeness (QED) is 0.784. The number of halogens is 2. The molecule has 2 aromatic rings. The Hall–Kier alpha value is -2.15. The van der Waals surface area contributed by atoms with E-state index in [9.17, 15) is 8.78 Å². The molecular formula is C21H26F2N4O. The number of aryl methyl sites for hydroxylation is 2. The van der Waals surface area contributed by atoms with Crippen LogP contribution < -0.4 is 4.90 Å². The topological polar surface area (TPSA) is 51.1 Å². The number of pyridine rings is 1. The molecule has 1 aliphatic heterocycles. The predicted molar refractivity (Wildman–Crippen MR) is 106 cm³/mol. The minimum Gasteiger partial charge on any atom is -0.375 e. The lowest BCUT2D eigenvalue weighted by Gasteiger charge is -2.31. The molecule has 2 aliphatic rings. The van der Waals surface area contributed by atoms with Crippen molar-refractivity contribution < 1.29 is 13.5 Å². The monoisotopic (exact) mass is 388 g/mol. The van der Waals surface area contributed by atoms with E-state index < -0.39 is 12.3 Å². The van der Waals surface area contributed by atoms with Crippen LogP contribution in [0.5, 0.6) is 0 Å². The van der Waals surface area contributed by atoms with Gasteiger partial charge in [-0.1, -0.05) is 6.08 Å². The van der Waals surface area contributed by atoms with Gasteiger partial charge in [-0.15, -0.1) is 0 Å². The third-order valence-corrected chi connectivity index (χ3v) is 5.75. The molecule has 0 amide bonds. The van der Waals surface area contributed by atoms with Gasteiger partial charge >= 0.3 is 0 Å². The van der Waals surface area contributed by atoms with Gasteiger partial charge in [0.2, 0.25) is 12.4 Å². The molecule has 5 nitrogen and oxygen atoms in total. The summed E-state index contributed by atoms with van der Waals surface area (Å²) in [5, 5.41) is 0.898. The van der Waals surface area contributed by atoms with Gasteiger partial charge in [0.15, 0.2) is 5.65 Å². The average molecular weight is 388 g/mol. The molecule has 3 heterocycles. The minimum absolute atomic E-state index is 0.116. The first-order chi connectivity index (χ1) is 13.4. The highest BCUT2D eigenvalue weighted by molar-refractivity contribution is 5.89. The molecule has 0 aromatic carbocycles. The molecule has 2 unspecified atom stereocenters. The predicted octanol–water partition coefficient (Wildman–Crippen LogP) is 4.32. The first-order valence-corrected chi connectivity index (χ1v) is 9.92. The Morgan fingerprint density at radius 1 is 1.21 bits per heavy atom. The molecule has 2 atom stereocenters. The molecule has 0 bridgehead atoms. The van der Waals surface area contributed by atoms with Crippen molar-refractivity contribution in [2.24, 2.45) is 5.92 Å². The second-order valence-electron chi connectivity index (χ2n) is 7.86. The summed E-state index contributed by atoms with van der Waals surface area (Å²) < 4.78 is 31.8. The molecule has 0 saturated carbocycles. The molecule has 1 fully saturated rings. The fraction of sp³-hybridized carbons (Fsp3) is 0.571. The van der Waals surface area contributed by atoms with Crippen LogP contribution >= 0.6 is 0 Å². The number of ether oxygens (including phenoxy) is 1. The third-order valence-electron chi connectivity index (χ3n) is 5.75. The minimum atomic E-state index is -2.27. The van der Waals surface area contributed by atoms with E-state index in [1.165, 1.54) is 0 Å². The number of alkyl halides is 2. The van der Waals surface area contributed by atoms with Crippen LogP contribution in [0.25, 0.3) is 16.6 Å². The van der Waals surface area contributed by atoms with Crippen molar-refractivity contribution in [1.29, 1.82) is 0 Å². The number of nitrogens with zero attached hydrogens (tertiary/aromatic N) is 4. The van der Waals surface area contributed by atoms with Crippen molar-refractivity contribution in [3.63, 3.8) is 0 Å². The van der Waals surface area contributed by atoms with Crippen LogP contribution in [0.2, 0.25) is 0 Å². The van der Waals surface area contributed by atoms with Crippen molar-refractivity contribution in [1.82, 2.24) is 15.0 Å². The SMILES string of the molecule is Cc1cc2c(C3=CCC(C(F)F)CC3)nc(N3CCOC(C)C3)nc2nc1C. The van der Waals surface area contributed by atoms with Gasteiger partial charge in [0.05, 0.1) is 18.4 Å². The van der Waals surface area contributed by atoms with Crippen molar-refractivity contribution in [2.75, 3.05) is 24.6 Å². The average Bonchev–Trinajstić information content (AvgIpc) is 2.68. The molecule has 150 valence electrons. The lowest BCUT2D eigenvalue weighted by molar-refractivity contribution is 0.0526. The van der Waals surface area contributed by atoms with Crippen LogP contribution in [-0.2, 0) is 4.74 Å². The Morgan fingerprint density at radius 2 is 2.04 bits per heavy atom. The van der Waals surface area contributed by atoms with E-state index in [0.29, 0.717) is 37.5 Å². The summed E-state index contributed by atoms with van der Waals surface area (Å²) in [6.45, 7) is 8.12. The first-order valence-electron chi connectivity index (χ1n) is 9.92. The van der Waals surface area contributed by atoms with E-state index in [1.54, 1.807) is 0 Å². The maximum atomic E-state index is 13.1. The molecule has 7 heteroatoms. The molecule has 1 saturated heterocycles. The molecule has 1 aliphatic carbocycles. The van der Waals surface area contributed by atoms with Crippen LogP contribution in [0.3, 0.4) is 0 Å². The summed E-state index contributed by atoms with van der Waals surface area (Å²) in [6, 6.07) is 2.07. The number of anilines is 1. The van der Waals surface area contributed by atoms with Crippen molar-refractivity contribution in [2.45, 2.75) is 52.6 Å². The number of rotatable bonds is 3. The van der Waals surface area contributed by atoms with Crippen molar-refractivity contribution >= 4 is 22.6 Å². The van der Waals surface area contributed by atoms with Crippen LogP contribution in [0, 0.1) is 19.8 Å².